The van der Waals surface area contributed by atoms with E-state index < -0.39 is 11.3 Å². The van der Waals surface area contributed by atoms with Crippen LogP contribution in [0.5, 0.6) is 0 Å². The van der Waals surface area contributed by atoms with Crippen LogP contribution < -0.4 is 5.32 Å². The van der Waals surface area contributed by atoms with E-state index in [-0.39, 0.29) is 5.91 Å². The number of amides is 1. The molecule has 5 heteroatoms. The molecule has 1 aliphatic heterocycles. The van der Waals surface area contributed by atoms with Crippen LogP contribution in [0.25, 0.3) is 0 Å². The van der Waals surface area contributed by atoms with Crippen LogP contribution in [0.3, 0.4) is 0 Å². The average Bonchev–Trinajstić information content (AvgIpc) is 2.62. The van der Waals surface area contributed by atoms with Crippen LogP contribution in [-0.4, -0.2) is 5.91 Å². The van der Waals surface area contributed by atoms with Crippen LogP contribution in [0.4, 0.5) is 0 Å². The van der Waals surface area contributed by atoms with Gasteiger partial charge in [0.1, 0.15) is 5.92 Å². The van der Waals surface area contributed by atoms with E-state index in [0.717, 1.165) is 37.7 Å². The molecule has 1 atom stereocenters. The third-order valence-electron chi connectivity index (χ3n) is 5.27. The summed E-state index contributed by atoms with van der Waals surface area (Å²) in [6, 6.07) is 12.8. The summed E-state index contributed by atoms with van der Waals surface area (Å²) >= 11 is 1.49. The van der Waals surface area contributed by atoms with E-state index in [1.165, 1.54) is 17.3 Å². The number of benzene rings is 1. The Kier molecular flexibility index (Phi) is 5.16. The Labute approximate surface area is 152 Å². The van der Waals surface area contributed by atoms with Gasteiger partial charge in [-0.1, -0.05) is 49.1 Å². The molecular formula is C20H21N3OS. The van der Waals surface area contributed by atoms with Gasteiger partial charge >= 0.3 is 0 Å². The highest BCUT2D eigenvalue weighted by Gasteiger charge is 2.51. The normalized spacial score (nSPS) is 22.2. The number of carbonyl (C=O) groups excluding carboxylic acids is 1. The van der Waals surface area contributed by atoms with Crippen molar-refractivity contribution in [3.8, 4) is 12.1 Å². The summed E-state index contributed by atoms with van der Waals surface area (Å²) in [4.78, 5) is 12.5. The molecule has 25 heavy (non-hydrogen) atoms. The average molecular weight is 351 g/mol. The molecule has 4 nitrogen and oxygen atoms in total. The van der Waals surface area contributed by atoms with Gasteiger partial charge in [0.25, 0.3) is 0 Å². The van der Waals surface area contributed by atoms with Crippen LogP contribution in [0.1, 0.15) is 43.2 Å². The Balaban J connectivity index is 1.92. The summed E-state index contributed by atoms with van der Waals surface area (Å²) < 4.78 is 0. The highest BCUT2D eigenvalue weighted by Crippen LogP contribution is 2.52. The van der Waals surface area contributed by atoms with E-state index in [9.17, 15) is 15.3 Å². The van der Waals surface area contributed by atoms with Gasteiger partial charge in [-0.3, -0.25) is 4.79 Å². The first-order valence-electron chi connectivity index (χ1n) is 8.64. The summed E-state index contributed by atoms with van der Waals surface area (Å²) in [7, 11) is 0. The van der Waals surface area contributed by atoms with Crippen LogP contribution in [0, 0.1) is 40.9 Å². The topological polar surface area (TPSA) is 76.7 Å². The summed E-state index contributed by atoms with van der Waals surface area (Å²) in [6.07, 6.45) is 4.53. The largest absolute Gasteiger partial charge is 0.319 e. The zero-order chi connectivity index (χ0) is 17.9. The molecule has 1 heterocycles. The van der Waals surface area contributed by atoms with Gasteiger partial charge in [-0.25, -0.2) is 0 Å². The molecule has 1 aromatic carbocycles. The van der Waals surface area contributed by atoms with Gasteiger partial charge in [0.15, 0.2) is 0 Å². The number of rotatable bonds is 3. The second-order valence-electron chi connectivity index (χ2n) is 6.86. The van der Waals surface area contributed by atoms with Crippen molar-refractivity contribution in [3.05, 3.63) is 46.0 Å². The number of nitriles is 2. The maximum absolute atomic E-state index is 12.5. The van der Waals surface area contributed by atoms with Crippen LogP contribution in [0.15, 0.2) is 34.9 Å². The van der Waals surface area contributed by atoms with Gasteiger partial charge in [0.05, 0.1) is 22.7 Å². The van der Waals surface area contributed by atoms with E-state index >= 15 is 0 Å². The fourth-order valence-electron chi connectivity index (χ4n) is 3.88. The Morgan fingerprint density at radius 1 is 1.20 bits per heavy atom. The molecule has 1 aliphatic carbocycles. The predicted octanol–water partition coefficient (Wildman–Crippen LogP) is 4.18. The monoisotopic (exact) mass is 351 g/mol. The molecule has 1 saturated carbocycles. The van der Waals surface area contributed by atoms with Crippen LogP contribution in [-0.2, 0) is 10.5 Å². The van der Waals surface area contributed by atoms with Crippen molar-refractivity contribution in [2.75, 3.05) is 0 Å². The minimum atomic E-state index is -0.758. The molecule has 128 valence electrons. The fraction of sp³-hybridized carbons (Fsp3) is 0.450. The lowest BCUT2D eigenvalue weighted by Crippen LogP contribution is -2.48. The molecule has 0 radical (unpaired) electrons. The molecule has 0 aromatic heterocycles. The number of carbonyl (C=O) groups is 1. The predicted molar refractivity (Wildman–Crippen MR) is 97.9 cm³/mol. The second-order valence-corrected chi connectivity index (χ2v) is 7.84. The number of aryl methyl sites for hydroxylation is 1. The number of nitrogens with one attached hydrogen (secondary N) is 1. The van der Waals surface area contributed by atoms with Crippen molar-refractivity contribution in [1.82, 2.24) is 5.32 Å². The Morgan fingerprint density at radius 3 is 2.48 bits per heavy atom. The molecule has 0 bridgehead atoms. The molecule has 1 amide bonds. The standard InChI is InChI=1S/C20H21N3OS/c1-14-5-7-15(8-6-14)13-25-19-17(12-22)20(9-3-2-4-10-20)16(11-21)18(24)23-19/h5-8,16H,2-4,9-10,13H2,1H3,(H,23,24). The molecule has 3 rings (SSSR count). The fourth-order valence-corrected chi connectivity index (χ4v) is 4.95. The zero-order valence-electron chi connectivity index (χ0n) is 14.3. The quantitative estimate of drug-likeness (QED) is 0.886. The summed E-state index contributed by atoms with van der Waals surface area (Å²) in [5.41, 5.74) is 2.36. The summed E-state index contributed by atoms with van der Waals surface area (Å²) in [5, 5.41) is 22.9. The first-order valence-corrected chi connectivity index (χ1v) is 9.63. The Morgan fingerprint density at radius 2 is 1.88 bits per heavy atom. The van der Waals surface area contributed by atoms with Gasteiger partial charge in [0, 0.05) is 11.2 Å². The molecule has 1 aromatic rings. The van der Waals surface area contributed by atoms with E-state index in [1.54, 1.807) is 0 Å². The highest BCUT2D eigenvalue weighted by atomic mass is 32.2. The highest BCUT2D eigenvalue weighted by molar-refractivity contribution is 8.02. The van der Waals surface area contributed by atoms with Gasteiger partial charge < -0.3 is 5.32 Å². The molecule has 1 unspecified atom stereocenters. The third kappa shape index (κ3) is 3.30. The number of thioether (sulfide) groups is 1. The van der Waals surface area contributed by atoms with Crippen molar-refractivity contribution in [3.63, 3.8) is 0 Å². The van der Waals surface area contributed by atoms with Gasteiger partial charge in [-0.2, -0.15) is 10.5 Å². The van der Waals surface area contributed by atoms with Crippen molar-refractivity contribution < 1.29 is 4.79 Å². The van der Waals surface area contributed by atoms with E-state index in [0.29, 0.717) is 16.4 Å². The van der Waals surface area contributed by atoms with Crippen molar-refractivity contribution in [2.24, 2.45) is 11.3 Å². The molecule has 1 N–H and O–H groups in total. The Bertz CT molecular complexity index is 777. The molecular weight excluding hydrogens is 330 g/mol. The maximum Gasteiger partial charge on any atom is 0.243 e. The van der Waals surface area contributed by atoms with Crippen LogP contribution in [0.2, 0.25) is 0 Å². The third-order valence-corrected chi connectivity index (χ3v) is 6.34. The second kappa shape index (κ2) is 7.33. The minimum absolute atomic E-state index is 0.255. The minimum Gasteiger partial charge on any atom is -0.319 e. The van der Waals surface area contributed by atoms with Crippen molar-refractivity contribution >= 4 is 17.7 Å². The van der Waals surface area contributed by atoms with E-state index in [1.807, 2.05) is 6.92 Å². The molecule has 0 saturated heterocycles. The van der Waals surface area contributed by atoms with Gasteiger partial charge in [-0.15, -0.1) is 11.8 Å². The van der Waals surface area contributed by atoms with E-state index in [2.05, 4.69) is 41.7 Å². The smallest absolute Gasteiger partial charge is 0.243 e. The van der Waals surface area contributed by atoms with Crippen LogP contribution >= 0.6 is 11.8 Å². The van der Waals surface area contributed by atoms with Crippen molar-refractivity contribution in [2.45, 2.75) is 44.8 Å². The SMILES string of the molecule is Cc1ccc(CSC2=C(C#N)C3(CCCCC3)C(C#N)C(=O)N2)cc1. The summed E-state index contributed by atoms with van der Waals surface area (Å²) in [6.45, 7) is 2.05. The first-order chi connectivity index (χ1) is 12.1. The lowest BCUT2D eigenvalue weighted by atomic mass is 9.61. The first kappa shape index (κ1) is 17.6. The number of nitrogens with zero attached hydrogens (tertiary/aromatic N) is 2. The van der Waals surface area contributed by atoms with Gasteiger partial charge in [0.2, 0.25) is 5.91 Å². The summed E-state index contributed by atoms with van der Waals surface area (Å²) in [5.74, 6) is -0.324. The van der Waals surface area contributed by atoms with Gasteiger partial charge in [-0.05, 0) is 25.3 Å². The number of hydrogen-bond acceptors (Lipinski definition) is 4. The Hall–Kier alpha value is -2.24. The zero-order valence-corrected chi connectivity index (χ0v) is 15.2. The number of allylic oxidation sites excluding steroid dienone is 1. The molecule has 1 fully saturated rings. The maximum atomic E-state index is 12.5. The molecule has 2 aliphatic rings. The van der Waals surface area contributed by atoms with E-state index in [4.69, 9.17) is 0 Å². The van der Waals surface area contributed by atoms with Crippen molar-refractivity contribution in [1.29, 1.82) is 10.5 Å². The molecule has 1 spiro atoms. The lowest BCUT2D eigenvalue weighted by molar-refractivity contribution is -0.126. The lowest BCUT2D eigenvalue weighted by Gasteiger charge is -2.43. The number of hydrogen-bond donors (Lipinski definition) is 1.